The maximum absolute atomic E-state index is 9.58. The Balaban J connectivity index is 0. The molecular formula is C2H12N2O6P2. The van der Waals surface area contributed by atoms with Crippen molar-refractivity contribution < 1.29 is 28.1 Å². The van der Waals surface area contributed by atoms with Gasteiger partial charge in [0.1, 0.15) is 0 Å². The first-order valence-electron chi connectivity index (χ1n) is 2.71. The molecule has 10 heteroatoms. The molecule has 0 aliphatic rings. The molecule has 1 unspecified atom stereocenters. The Kier molecular flexibility index (Phi) is 9.63. The average molecular weight is 222 g/mol. The molecule has 7 N–H and O–H groups in total. The van der Waals surface area contributed by atoms with Crippen LogP contribution >= 0.6 is 16.1 Å². The fourth-order valence-corrected chi connectivity index (χ4v) is 0.916. The summed E-state index contributed by atoms with van der Waals surface area (Å²) in [6.07, 6.45) is 0. The molecule has 1 atom stereocenters. The molecule has 12 heavy (non-hydrogen) atoms. The van der Waals surface area contributed by atoms with E-state index in [9.17, 15) is 9.13 Å². The van der Waals surface area contributed by atoms with E-state index in [-0.39, 0.29) is 0 Å². The van der Waals surface area contributed by atoms with Crippen LogP contribution in [-0.4, -0.2) is 27.8 Å². The molecule has 0 radical (unpaired) electrons. The van der Waals surface area contributed by atoms with Gasteiger partial charge in [0, 0.05) is 13.1 Å². The summed E-state index contributed by atoms with van der Waals surface area (Å²) in [5.41, 5.74) is 9.81. The van der Waals surface area contributed by atoms with Gasteiger partial charge in [0.25, 0.3) is 0 Å². The summed E-state index contributed by atoms with van der Waals surface area (Å²) in [6, 6.07) is 0. The van der Waals surface area contributed by atoms with E-state index in [1.165, 1.54) is 0 Å². The van der Waals surface area contributed by atoms with E-state index in [0.29, 0.717) is 13.1 Å². The maximum Gasteiger partial charge on any atom is 0.476 e. The number of phosphoric acid groups is 1. The van der Waals surface area contributed by atoms with Gasteiger partial charge in [0.05, 0.1) is 0 Å². The van der Waals surface area contributed by atoms with Gasteiger partial charge in [0.2, 0.25) is 0 Å². The highest BCUT2D eigenvalue weighted by molar-refractivity contribution is 7.54. The smallest absolute Gasteiger partial charge is 0.329 e. The lowest BCUT2D eigenvalue weighted by molar-refractivity contribution is 0.273. The highest BCUT2D eigenvalue weighted by Crippen LogP contribution is 2.45. The first-order chi connectivity index (χ1) is 5.33. The Morgan fingerprint density at radius 2 is 1.67 bits per heavy atom. The molecule has 0 spiro atoms. The number of rotatable bonds is 3. The second-order valence-corrected chi connectivity index (χ2v) is 3.67. The van der Waals surface area contributed by atoms with Crippen LogP contribution in [-0.2, 0) is 13.4 Å². The van der Waals surface area contributed by atoms with Gasteiger partial charge in [-0.25, -0.2) is 8.88 Å². The third kappa shape index (κ3) is 22.5. The predicted molar refractivity (Wildman–Crippen MR) is 42.5 cm³/mol. The quantitative estimate of drug-likeness (QED) is 0.356. The molecular weight excluding hydrogens is 210 g/mol. The zero-order chi connectivity index (χ0) is 10.2. The zero-order valence-corrected chi connectivity index (χ0v) is 7.98. The van der Waals surface area contributed by atoms with Crippen molar-refractivity contribution in [3.05, 3.63) is 0 Å². The van der Waals surface area contributed by atoms with Crippen molar-refractivity contribution in [2.24, 2.45) is 11.5 Å². The SMILES string of the molecule is NCCN.O=[PH](O)OP(=O)(O)O. The lowest BCUT2D eigenvalue weighted by atomic mass is 10.7. The van der Waals surface area contributed by atoms with Gasteiger partial charge in [-0.1, -0.05) is 0 Å². The molecule has 0 heterocycles. The molecule has 0 aromatic rings. The molecule has 0 aromatic carbocycles. The minimum absolute atomic E-state index is 0.597. The molecule has 0 rings (SSSR count). The molecule has 76 valence electrons. The highest BCUT2D eigenvalue weighted by Gasteiger charge is 2.15. The minimum atomic E-state index is -4.74. The Morgan fingerprint density at radius 3 is 1.67 bits per heavy atom. The molecule has 0 saturated heterocycles. The first kappa shape index (κ1) is 14.7. The van der Waals surface area contributed by atoms with Gasteiger partial charge in [0.15, 0.2) is 0 Å². The molecule has 0 aliphatic heterocycles. The van der Waals surface area contributed by atoms with Gasteiger partial charge in [-0.3, -0.25) is 4.57 Å². The van der Waals surface area contributed by atoms with Crippen molar-refractivity contribution in [2.45, 2.75) is 0 Å². The van der Waals surface area contributed by atoms with Crippen molar-refractivity contribution in [3.8, 4) is 0 Å². The normalized spacial score (nSPS) is 13.1. The average Bonchev–Trinajstić information content (AvgIpc) is 1.83. The lowest BCUT2D eigenvalue weighted by Crippen LogP contribution is -2.11. The number of nitrogens with two attached hydrogens (primary N) is 2. The summed E-state index contributed by atoms with van der Waals surface area (Å²) in [7, 11) is -8.24. The van der Waals surface area contributed by atoms with Crippen molar-refractivity contribution in [1.82, 2.24) is 0 Å². The second kappa shape index (κ2) is 7.85. The van der Waals surface area contributed by atoms with Crippen LogP contribution < -0.4 is 11.5 Å². The highest BCUT2D eigenvalue weighted by atomic mass is 31.2. The summed E-state index contributed by atoms with van der Waals surface area (Å²) in [5, 5.41) is 0. The molecule has 0 aromatic heterocycles. The third-order valence-corrected chi connectivity index (χ3v) is 1.94. The van der Waals surface area contributed by atoms with Crippen LogP contribution in [0.4, 0.5) is 0 Å². The Bertz CT molecular complexity index is 165. The molecule has 8 nitrogen and oxygen atoms in total. The first-order valence-corrected chi connectivity index (χ1v) is 5.51. The molecule has 0 saturated carbocycles. The second-order valence-electron chi connectivity index (χ2n) is 1.43. The largest absolute Gasteiger partial charge is 0.476 e. The predicted octanol–water partition coefficient (Wildman–Crippen LogP) is -1.62. The zero-order valence-electron chi connectivity index (χ0n) is 6.08. The summed E-state index contributed by atoms with van der Waals surface area (Å²) in [4.78, 5) is 23.2. The van der Waals surface area contributed by atoms with Crippen molar-refractivity contribution in [1.29, 1.82) is 0 Å². The van der Waals surface area contributed by atoms with E-state index < -0.39 is 16.1 Å². The van der Waals surface area contributed by atoms with Gasteiger partial charge in [-0.05, 0) is 0 Å². The third-order valence-electron chi connectivity index (χ3n) is 0.364. The van der Waals surface area contributed by atoms with E-state index in [1.54, 1.807) is 0 Å². The Hall–Kier alpha value is 0.220. The molecule has 0 aliphatic carbocycles. The van der Waals surface area contributed by atoms with E-state index in [1.807, 2.05) is 0 Å². The van der Waals surface area contributed by atoms with Gasteiger partial charge in [-0.15, -0.1) is 0 Å². The Labute approximate surface area is 69.7 Å². The summed E-state index contributed by atoms with van der Waals surface area (Å²) < 4.78 is 22.3. The topological polar surface area (TPSA) is 156 Å². The van der Waals surface area contributed by atoms with Crippen LogP contribution in [0.5, 0.6) is 0 Å². The number of hydrogen-bond donors (Lipinski definition) is 5. The summed E-state index contributed by atoms with van der Waals surface area (Å²) in [5.74, 6) is 0. The van der Waals surface area contributed by atoms with Crippen molar-refractivity contribution in [3.63, 3.8) is 0 Å². The molecule has 0 bridgehead atoms. The lowest BCUT2D eigenvalue weighted by Gasteiger charge is -1.97. The molecule has 0 amide bonds. The van der Waals surface area contributed by atoms with E-state index in [2.05, 4.69) is 4.31 Å². The summed E-state index contributed by atoms with van der Waals surface area (Å²) >= 11 is 0. The van der Waals surface area contributed by atoms with Crippen LogP contribution in [0.15, 0.2) is 0 Å². The van der Waals surface area contributed by atoms with Crippen LogP contribution in [0.3, 0.4) is 0 Å². The monoisotopic (exact) mass is 222 g/mol. The fraction of sp³-hybridized carbons (Fsp3) is 1.00. The minimum Gasteiger partial charge on any atom is -0.329 e. The van der Waals surface area contributed by atoms with Crippen LogP contribution in [0, 0.1) is 0 Å². The van der Waals surface area contributed by atoms with Crippen LogP contribution in [0.2, 0.25) is 0 Å². The van der Waals surface area contributed by atoms with Crippen molar-refractivity contribution in [2.75, 3.05) is 13.1 Å². The Morgan fingerprint density at radius 1 is 1.33 bits per heavy atom. The molecule has 0 fully saturated rings. The fourth-order valence-electron chi connectivity index (χ4n) is 0.102. The van der Waals surface area contributed by atoms with Crippen molar-refractivity contribution >= 4 is 16.1 Å². The standard InChI is InChI=1S/C2H8N2.H4O6P2/c3-1-2-4;1-7(2)6-8(3,4)5/h1-4H2;7H,(H,1,2)(H2,3,4,5). The number of hydrogen-bond acceptors (Lipinski definition) is 5. The van der Waals surface area contributed by atoms with Crippen LogP contribution in [0.1, 0.15) is 0 Å². The van der Waals surface area contributed by atoms with Crippen LogP contribution in [0.25, 0.3) is 0 Å². The summed E-state index contributed by atoms with van der Waals surface area (Å²) in [6.45, 7) is 1.19. The van der Waals surface area contributed by atoms with Gasteiger partial charge in [-0.2, -0.15) is 0 Å². The van der Waals surface area contributed by atoms with E-state index in [4.69, 9.17) is 26.1 Å². The van der Waals surface area contributed by atoms with Gasteiger partial charge >= 0.3 is 16.1 Å². The maximum atomic E-state index is 9.58. The van der Waals surface area contributed by atoms with E-state index in [0.717, 1.165) is 0 Å². The van der Waals surface area contributed by atoms with Gasteiger partial charge < -0.3 is 26.1 Å². The van der Waals surface area contributed by atoms with E-state index >= 15 is 0 Å².